The molecule has 2 aliphatic rings. The monoisotopic (exact) mass is 246 g/mol. The van der Waals surface area contributed by atoms with Gasteiger partial charge in [-0.05, 0) is 41.9 Å². The molecule has 0 aromatic heterocycles. The first-order valence-corrected chi connectivity index (χ1v) is 7.26. The van der Waals surface area contributed by atoms with Crippen molar-refractivity contribution in [1.29, 1.82) is 0 Å². The summed E-state index contributed by atoms with van der Waals surface area (Å²) < 4.78 is 0. The van der Waals surface area contributed by atoms with Crippen molar-refractivity contribution in [3.8, 4) is 0 Å². The van der Waals surface area contributed by atoms with E-state index in [2.05, 4.69) is 60.7 Å². The summed E-state index contributed by atoms with van der Waals surface area (Å²) in [5.41, 5.74) is 6.28. The molecule has 2 aromatic rings. The first-order chi connectivity index (χ1) is 9.43. The summed E-state index contributed by atoms with van der Waals surface area (Å²) in [6.45, 7) is 0. The Kier molecular flexibility index (Phi) is 2.55. The number of rotatable bonds is 2. The average Bonchev–Trinajstić information content (AvgIpc) is 3.10. The van der Waals surface area contributed by atoms with E-state index in [9.17, 15) is 0 Å². The molecule has 0 radical (unpaired) electrons. The molecule has 4 rings (SSSR count). The minimum atomic E-state index is 0.632. The summed E-state index contributed by atoms with van der Waals surface area (Å²) in [7, 11) is 0. The molecule has 0 N–H and O–H groups in total. The molecule has 2 bridgehead atoms. The predicted octanol–water partition coefficient (Wildman–Crippen LogP) is 5.04. The maximum Gasteiger partial charge on any atom is 0.0126 e. The molecule has 2 aromatic carbocycles. The fourth-order valence-electron chi connectivity index (χ4n) is 3.97. The van der Waals surface area contributed by atoms with Gasteiger partial charge in [0.1, 0.15) is 0 Å². The van der Waals surface area contributed by atoms with Crippen molar-refractivity contribution in [2.75, 3.05) is 0 Å². The van der Waals surface area contributed by atoms with Crippen LogP contribution in [0.1, 0.15) is 36.3 Å². The highest BCUT2D eigenvalue weighted by Crippen LogP contribution is 2.56. The zero-order valence-electron chi connectivity index (χ0n) is 11.0. The van der Waals surface area contributed by atoms with Gasteiger partial charge in [0.05, 0.1) is 0 Å². The van der Waals surface area contributed by atoms with Gasteiger partial charge in [0.15, 0.2) is 0 Å². The van der Waals surface area contributed by atoms with E-state index in [0.29, 0.717) is 5.92 Å². The second-order valence-corrected chi connectivity index (χ2v) is 5.77. The normalized spacial score (nSPS) is 25.1. The second kappa shape index (κ2) is 4.38. The minimum Gasteiger partial charge on any atom is -0.0655 e. The third-order valence-electron chi connectivity index (χ3n) is 4.73. The third kappa shape index (κ3) is 1.74. The molecule has 2 unspecified atom stereocenters. The topological polar surface area (TPSA) is 0 Å². The Balaban J connectivity index is 1.84. The van der Waals surface area contributed by atoms with Crippen molar-refractivity contribution < 1.29 is 0 Å². The van der Waals surface area contributed by atoms with Crippen LogP contribution in [-0.4, -0.2) is 0 Å². The molecule has 0 aliphatic heterocycles. The van der Waals surface area contributed by atoms with Gasteiger partial charge in [0, 0.05) is 5.92 Å². The maximum absolute atomic E-state index is 2.30. The van der Waals surface area contributed by atoms with Crippen LogP contribution in [0.25, 0.3) is 5.57 Å². The molecule has 0 spiro atoms. The molecule has 0 amide bonds. The number of allylic oxidation sites excluding steroid dienone is 2. The zero-order chi connectivity index (χ0) is 12.7. The van der Waals surface area contributed by atoms with Gasteiger partial charge in [-0.25, -0.2) is 0 Å². The molecule has 94 valence electrons. The summed E-state index contributed by atoms with van der Waals surface area (Å²) in [6, 6.07) is 22.1. The van der Waals surface area contributed by atoms with Crippen LogP contribution in [0.4, 0.5) is 0 Å². The largest absolute Gasteiger partial charge is 0.0655 e. The van der Waals surface area contributed by atoms with Crippen LogP contribution >= 0.6 is 0 Å². The van der Waals surface area contributed by atoms with Crippen LogP contribution in [0.2, 0.25) is 0 Å². The first kappa shape index (κ1) is 11.0. The third-order valence-corrected chi connectivity index (χ3v) is 4.73. The van der Waals surface area contributed by atoms with Crippen molar-refractivity contribution in [3.63, 3.8) is 0 Å². The lowest BCUT2D eigenvalue weighted by atomic mass is 9.78. The van der Waals surface area contributed by atoms with Crippen LogP contribution in [0.5, 0.6) is 0 Å². The van der Waals surface area contributed by atoms with Crippen LogP contribution in [0.3, 0.4) is 0 Å². The van der Waals surface area contributed by atoms with Gasteiger partial charge in [-0.3, -0.25) is 0 Å². The van der Waals surface area contributed by atoms with Crippen molar-refractivity contribution in [1.82, 2.24) is 0 Å². The highest BCUT2D eigenvalue weighted by atomic mass is 14.4. The number of benzene rings is 2. The van der Waals surface area contributed by atoms with E-state index in [-0.39, 0.29) is 0 Å². The van der Waals surface area contributed by atoms with Crippen molar-refractivity contribution in [2.45, 2.75) is 25.2 Å². The van der Waals surface area contributed by atoms with Crippen LogP contribution < -0.4 is 0 Å². The maximum atomic E-state index is 2.30. The first-order valence-electron chi connectivity index (χ1n) is 7.26. The molecule has 0 saturated heterocycles. The fraction of sp³-hybridized carbons (Fsp3) is 0.263. The van der Waals surface area contributed by atoms with E-state index in [1.807, 2.05) is 0 Å². The van der Waals surface area contributed by atoms with Crippen molar-refractivity contribution >= 4 is 5.57 Å². The molecule has 2 atom stereocenters. The fourth-order valence-corrected chi connectivity index (χ4v) is 3.97. The Labute approximate surface area is 114 Å². The van der Waals surface area contributed by atoms with Gasteiger partial charge in [-0.1, -0.05) is 66.2 Å². The molecular weight excluding hydrogens is 228 g/mol. The van der Waals surface area contributed by atoms with Gasteiger partial charge in [-0.15, -0.1) is 0 Å². The van der Waals surface area contributed by atoms with Gasteiger partial charge in [0.2, 0.25) is 0 Å². The Bertz CT molecular complexity index is 607. The summed E-state index contributed by atoms with van der Waals surface area (Å²) in [6.07, 6.45) is 4.02. The standard InChI is InChI=1S/C19H18/c1-3-7-14(8-4-1)18-16-11-12-17(13-16)19(18)15-9-5-2-6-10-15/h1-10,16,18H,11-13H2. The minimum absolute atomic E-state index is 0.632. The lowest BCUT2D eigenvalue weighted by Gasteiger charge is -2.25. The van der Waals surface area contributed by atoms with Crippen molar-refractivity contribution in [2.24, 2.45) is 5.92 Å². The molecule has 1 fully saturated rings. The predicted molar refractivity (Wildman–Crippen MR) is 79.9 cm³/mol. The Hall–Kier alpha value is -1.82. The molecule has 1 saturated carbocycles. The summed E-state index contributed by atoms with van der Waals surface area (Å²) >= 11 is 0. The molecule has 0 heterocycles. The average molecular weight is 246 g/mol. The molecule has 19 heavy (non-hydrogen) atoms. The number of hydrogen-bond acceptors (Lipinski definition) is 0. The molecular formula is C19H18. The quantitative estimate of drug-likeness (QED) is 0.696. The van der Waals surface area contributed by atoms with Crippen LogP contribution in [0.15, 0.2) is 66.2 Å². The lowest BCUT2D eigenvalue weighted by molar-refractivity contribution is 0.520. The summed E-state index contributed by atoms with van der Waals surface area (Å²) in [5, 5.41) is 0. The summed E-state index contributed by atoms with van der Waals surface area (Å²) in [5.74, 6) is 1.47. The Morgan fingerprint density at radius 3 is 2.21 bits per heavy atom. The van der Waals surface area contributed by atoms with E-state index in [0.717, 1.165) is 5.92 Å². The highest BCUT2D eigenvalue weighted by Gasteiger charge is 2.40. The lowest BCUT2D eigenvalue weighted by Crippen LogP contribution is -2.10. The van der Waals surface area contributed by atoms with Gasteiger partial charge < -0.3 is 0 Å². The molecule has 0 heteroatoms. The Morgan fingerprint density at radius 1 is 0.789 bits per heavy atom. The Morgan fingerprint density at radius 2 is 1.47 bits per heavy atom. The SMILES string of the molecule is c1ccc(C2=C3CCC(C3)C2c2ccccc2)cc1. The summed E-state index contributed by atoms with van der Waals surface area (Å²) in [4.78, 5) is 0. The number of hydrogen-bond donors (Lipinski definition) is 0. The van der Waals surface area contributed by atoms with Crippen LogP contribution in [0, 0.1) is 5.92 Å². The van der Waals surface area contributed by atoms with Gasteiger partial charge in [0.25, 0.3) is 0 Å². The van der Waals surface area contributed by atoms with E-state index < -0.39 is 0 Å². The second-order valence-electron chi connectivity index (χ2n) is 5.77. The van der Waals surface area contributed by atoms with Gasteiger partial charge in [-0.2, -0.15) is 0 Å². The van der Waals surface area contributed by atoms with E-state index in [1.54, 1.807) is 11.1 Å². The van der Waals surface area contributed by atoms with Gasteiger partial charge >= 0.3 is 0 Å². The van der Waals surface area contributed by atoms with E-state index >= 15 is 0 Å². The zero-order valence-corrected chi connectivity index (χ0v) is 11.0. The molecule has 0 nitrogen and oxygen atoms in total. The van der Waals surface area contributed by atoms with E-state index in [1.165, 1.54) is 30.4 Å². The van der Waals surface area contributed by atoms with Crippen molar-refractivity contribution in [3.05, 3.63) is 77.4 Å². The molecule has 2 aliphatic carbocycles. The number of fused-ring (bicyclic) bond motifs is 2. The smallest absolute Gasteiger partial charge is 0.0126 e. The van der Waals surface area contributed by atoms with E-state index in [4.69, 9.17) is 0 Å². The van der Waals surface area contributed by atoms with Crippen LogP contribution in [-0.2, 0) is 0 Å². The highest BCUT2D eigenvalue weighted by molar-refractivity contribution is 5.78.